The SMILES string of the molecule is CC(C)C(C)Sc1ccnc(/C(N)=N/O)c1. The molecule has 16 heavy (non-hydrogen) atoms. The van der Waals surface area contributed by atoms with E-state index >= 15 is 0 Å². The van der Waals surface area contributed by atoms with Gasteiger partial charge in [0.1, 0.15) is 5.69 Å². The highest BCUT2D eigenvalue weighted by atomic mass is 32.2. The Kier molecular flexibility index (Phi) is 4.61. The van der Waals surface area contributed by atoms with Crippen molar-refractivity contribution in [3.05, 3.63) is 24.0 Å². The second-order valence-corrected chi connectivity index (χ2v) is 5.38. The van der Waals surface area contributed by atoms with Gasteiger partial charge in [-0.25, -0.2) is 0 Å². The van der Waals surface area contributed by atoms with E-state index in [0.717, 1.165) is 4.90 Å². The Labute approximate surface area is 99.9 Å². The van der Waals surface area contributed by atoms with E-state index < -0.39 is 0 Å². The smallest absolute Gasteiger partial charge is 0.188 e. The quantitative estimate of drug-likeness (QED) is 0.278. The largest absolute Gasteiger partial charge is 0.409 e. The molecule has 0 aliphatic heterocycles. The molecule has 1 unspecified atom stereocenters. The monoisotopic (exact) mass is 239 g/mol. The van der Waals surface area contributed by atoms with Gasteiger partial charge in [-0.3, -0.25) is 4.98 Å². The fourth-order valence-corrected chi connectivity index (χ4v) is 2.05. The molecular formula is C11H17N3OS. The predicted octanol–water partition coefficient (Wildman–Crippen LogP) is 2.31. The van der Waals surface area contributed by atoms with E-state index in [9.17, 15) is 0 Å². The van der Waals surface area contributed by atoms with Crippen LogP contribution in [0.25, 0.3) is 0 Å². The molecule has 0 saturated carbocycles. The molecule has 4 nitrogen and oxygen atoms in total. The van der Waals surface area contributed by atoms with Crippen molar-refractivity contribution in [1.29, 1.82) is 0 Å². The lowest BCUT2D eigenvalue weighted by atomic mass is 10.2. The molecular weight excluding hydrogens is 222 g/mol. The van der Waals surface area contributed by atoms with Gasteiger partial charge in [-0.2, -0.15) is 0 Å². The minimum atomic E-state index is 0.0413. The molecule has 0 amide bonds. The van der Waals surface area contributed by atoms with Crippen LogP contribution in [0.3, 0.4) is 0 Å². The fraction of sp³-hybridized carbons (Fsp3) is 0.455. The highest BCUT2D eigenvalue weighted by Gasteiger charge is 2.10. The summed E-state index contributed by atoms with van der Waals surface area (Å²) in [6.07, 6.45) is 1.67. The van der Waals surface area contributed by atoms with Gasteiger partial charge in [-0.15, -0.1) is 11.8 Å². The third kappa shape index (κ3) is 3.41. The first-order chi connectivity index (χ1) is 7.54. The molecule has 1 atom stereocenters. The van der Waals surface area contributed by atoms with Gasteiger partial charge in [0.15, 0.2) is 5.84 Å². The third-order valence-electron chi connectivity index (χ3n) is 2.36. The molecule has 0 aliphatic rings. The van der Waals surface area contributed by atoms with E-state index in [1.165, 1.54) is 0 Å². The molecule has 1 rings (SSSR count). The maximum absolute atomic E-state index is 8.57. The number of hydrogen-bond acceptors (Lipinski definition) is 4. The fourth-order valence-electron chi connectivity index (χ4n) is 1.03. The molecule has 3 N–H and O–H groups in total. The van der Waals surface area contributed by atoms with Gasteiger partial charge in [0.2, 0.25) is 0 Å². The summed E-state index contributed by atoms with van der Waals surface area (Å²) in [6, 6.07) is 3.76. The van der Waals surface area contributed by atoms with Crippen molar-refractivity contribution < 1.29 is 5.21 Å². The van der Waals surface area contributed by atoms with Crippen LogP contribution in [0.5, 0.6) is 0 Å². The number of oxime groups is 1. The number of pyridine rings is 1. The number of hydrogen-bond donors (Lipinski definition) is 2. The number of rotatable bonds is 4. The number of amidine groups is 1. The van der Waals surface area contributed by atoms with Crippen LogP contribution >= 0.6 is 11.8 Å². The normalized spacial score (nSPS) is 14.1. The predicted molar refractivity (Wildman–Crippen MR) is 66.9 cm³/mol. The molecule has 1 heterocycles. The van der Waals surface area contributed by atoms with E-state index in [1.807, 2.05) is 12.1 Å². The minimum Gasteiger partial charge on any atom is -0.409 e. The lowest BCUT2D eigenvalue weighted by Crippen LogP contribution is -2.15. The van der Waals surface area contributed by atoms with Crippen LogP contribution in [-0.2, 0) is 0 Å². The van der Waals surface area contributed by atoms with Crippen LogP contribution in [0.4, 0.5) is 0 Å². The average molecular weight is 239 g/mol. The van der Waals surface area contributed by atoms with Crippen LogP contribution in [0.1, 0.15) is 26.5 Å². The molecule has 0 saturated heterocycles. The molecule has 0 spiro atoms. The zero-order chi connectivity index (χ0) is 12.1. The lowest BCUT2D eigenvalue weighted by molar-refractivity contribution is 0.318. The van der Waals surface area contributed by atoms with Gasteiger partial charge in [0.05, 0.1) is 0 Å². The van der Waals surface area contributed by atoms with Crippen LogP contribution < -0.4 is 5.73 Å². The first-order valence-corrected chi connectivity index (χ1v) is 6.03. The summed E-state index contributed by atoms with van der Waals surface area (Å²) < 4.78 is 0. The summed E-state index contributed by atoms with van der Waals surface area (Å²) in [5.74, 6) is 0.644. The van der Waals surface area contributed by atoms with Gasteiger partial charge in [0.25, 0.3) is 0 Å². The van der Waals surface area contributed by atoms with Crippen molar-refractivity contribution in [3.8, 4) is 0 Å². The van der Waals surface area contributed by atoms with Crippen molar-refractivity contribution in [3.63, 3.8) is 0 Å². The molecule has 0 fully saturated rings. The molecule has 1 aromatic heterocycles. The molecule has 1 aromatic rings. The first kappa shape index (κ1) is 12.8. The summed E-state index contributed by atoms with van der Waals surface area (Å²) >= 11 is 1.76. The van der Waals surface area contributed by atoms with E-state index in [-0.39, 0.29) is 5.84 Å². The Morgan fingerprint density at radius 1 is 1.50 bits per heavy atom. The van der Waals surface area contributed by atoms with Crippen molar-refractivity contribution in [2.24, 2.45) is 16.8 Å². The zero-order valence-corrected chi connectivity index (χ0v) is 10.5. The summed E-state index contributed by atoms with van der Waals surface area (Å²) in [5, 5.41) is 12.0. The Hall–Kier alpha value is -1.23. The van der Waals surface area contributed by atoms with Crippen LogP contribution in [-0.4, -0.2) is 21.3 Å². The molecule has 0 aromatic carbocycles. The molecule has 0 aliphatic carbocycles. The standard InChI is InChI=1S/C11H17N3OS/c1-7(2)8(3)16-9-4-5-13-10(6-9)11(12)14-15/h4-8,15H,1-3H3,(H2,12,14). The highest BCUT2D eigenvalue weighted by Crippen LogP contribution is 2.27. The summed E-state index contributed by atoms with van der Waals surface area (Å²) in [6.45, 7) is 6.55. The Morgan fingerprint density at radius 2 is 2.19 bits per heavy atom. The second kappa shape index (κ2) is 5.75. The number of nitrogens with two attached hydrogens (primary N) is 1. The maximum atomic E-state index is 8.57. The summed E-state index contributed by atoms with van der Waals surface area (Å²) in [7, 11) is 0. The number of thioether (sulfide) groups is 1. The van der Waals surface area contributed by atoms with Gasteiger partial charge in [0, 0.05) is 16.3 Å². The van der Waals surface area contributed by atoms with Gasteiger partial charge in [-0.1, -0.05) is 25.9 Å². The van der Waals surface area contributed by atoms with Gasteiger partial charge >= 0.3 is 0 Å². The van der Waals surface area contributed by atoms with Crippen LogP contribution in [0.15, 0.2) is 28.4 Å². The Balaban J connectivity index is 2.83. The van der Waals surface area contributed by atoms with Crippen molar-refractivity contribution in [1.82, 2.24) is 4.98 Å². The van der Waals surface area contributed by atoms with E-state index in [4.69, 9.17) is 10.9 Å². The topological polar surface area (TPSA) is 71.5 Å². The first-order valence-electron chi connectivity index (χ1n) is 5.15. The Morgan fingerprint density at radius 3 is 2.75 bits per heavy atom. The third-order valence-corrected chi connectivity index (χ3v) is 3.80. The van der Waals surface area contributed by atoms with Crippen LogP contribution in [0.2, 0.25) is 0 Å². The zero-order valence-electron chi connectivity index (χ0n) is 9.71. The van der Waals surface area contributed by atoms with E-state index in [1.54, 1.807) is 18.0 Å². The lowest BCUT2D eigenvalue weighted by Gasteiger charge is -2.14. The van der Waals surface area contributed by atoms with E-state index in [0.29, 0.717) is 16.9 Å². The number of nitrogens with zero attached hydrogens (tertiary/aromatic N) is 2. The molecule has 5 heteroatoms. The maximum Gasteiger partial charge on any atom is 0.188 e. The van der Waals surface area contributed by atoms with Gasteiger partial charge < -0.3 is 10.9 Å². The van der Waals surface area contributed by atoms with Gasteiger partial charge in [-0.05, 0) is 18.1 Å². The number of aromatic nitrogens is 1. The Bertz CT molecular complexity index is 379. The summed E-state index contributed by atoms with van der Waals surface area (Å²) in [4.78, 5) is 5.11. The minimum absolute atomic E-state index is 0.0413. The van der Waals surface area contributed by atoms with E-state index in [2.05, 4.69) is 30.9 Å². The average Bonchev–Trinajstić information content (AvgIpc) is 2.28. The second-order valence-electron chi connectivity index (χ2n) is 3.93. The molecule has 88 valence electrons. The highest BCUT2D eigenvalue weighted by molar-refractivity contribution is 8.00. The van der Waals surface area contributed by atoms with Crippen molar-refractivity contribution in [2.75, 3.05) is 0 Å². The van der Waals surface area contributed by atoms with Crippen molar-refractivity contribution in [2.45, 2.75) is 30.9 Å². The summed E-state index contributed by atoms with van der Waals surface area (Å²) in [5.41, 5.74) is 5.99. The molecule has 0 radical (unpaired) electrons. The molecule has 0 bridgehead atoms. The van der Waals surface area contributed by atoms with Crippen LogP contribution in [0, 0.1) is 5.92 Å². The van der Waals surface area contributed by atoms with Crippen molar-refractivity contribution >= 4 is 17.6 Å².